The topological polar surface area (TPSA) is 53.4 Å². The minimum absolute atomic E-state index is 0.127. The van der Waals surface area contributed by atoms with E-state index in [9.17, 15) is 9.90 Å². The number of halogens is 1. The first kappa shape index (κ1) is 13.4. The van der Waals surface area contributed by atoms with Gasteiger partial charge in [0.25, 0.3) is 5.91 Å². The van der Waals surface area contributed by atoms with E-state index in [-0.39, 0.29) is 11.7 Å². The molecule has 19 heavy (non-hydrogen) atoms. The van der Waals surface area contributed by atoms with E-state index in [0.717, 1.165) is 5.56 Å². The maximum atomic E-state index is 12.2. The Morgan fingerprint density at radius 1 is 1.32 bits per heavy atom. The van der Waals surface area contributed by atoms with Crippen LogP contribution in [0.1, 0.15) is 15.9 Å². The first-order chi connectivity index (χ1) is 9.06. The number of phenolic OH excluding ortho intramolecular Hbond substituents is 1. The number of aromatic hydroxyl groups is 1. The summed E-state index contributed by atoms with van der Waals surface area (Å²) in [6, 6.07) is 9.91. The Labute approximate surface area is 116 Å². The van der Waals surface area contributed by atoms with Gasteiger partial charge in [0.05, 0.1) is 0 Å². The molecule has 1 aromatic carbocycles. The average Bonchev–Trinajstić information content (AvgIpc) is 2.40. The van der Waals surface area contributed by atoms with E-state index >= 15 is 0 Å². The fourth-order valence-electron chi connectivity index (χ4n) is 1.70. The van der Waals surface area contributed by atoms with E-state index in [1.807, 2.05) is 0 Å². The maximum Gasteiger partial charge on any atom is 0.254 e. The normalized spacial score (nSPS) is 10.2. The number of amides is 1. The minimum atomic E-state index is -0.127. The molecule has 0 aliphatic rings. The van der Waals surface area contributed by atoms with Gasteiger partial charge in [-0.25, -0.2) is 4.98 Å². The van der Waals surface area contributed by atoms with Crippen molar-refractivity contribution in [1.29, 1.82) is 0 Å². The van der Waals surface area contributed by atoms with Crippen molar-refractivity contribution in [3.05, 3.63) is 58.9 Å². The summed E-state index contributed by atoms with van der Waals surface area (Å²) < 4.78 is 0. The second-order valence-corrected chi connectivity index (χ2v) is 4.58. The van der Waals surface area contributed by atoms with Gasteiger partial charge >= 0.3 is 0 Å². The summed E-state index contributed by atoms with van der Waals surface area (Å²) >= 11 is 5.76. The zero-order valence-electron chi connectivity index (χ0n) is 10.4. The van der Waals surface area contributed by atoms with E-state index in [2.05, 4.69) is 4.98 Å². The van der Waals surface area contributed by atoms with Gasteiger partial charge in [-0.05, 0) is 29.8 Å². The molecule has 0 fully saturated rings. The molecule has 0 aliphatic carbocycles. The molecule has 4 nitrogen and oxygen atoms in total. The highest BCUT2D eigenvalue weighted by Gasteiger charge is 2.12. The van der Waals surface area contributed by atoms with E-state index in [1.165, 1.54) is 12.3 Å². The predicted octanol–water partition coefficient (Wildman–Crippen LogP) is 2.71. The monoisotopic (exact) mass is 276 g/mol. The minimum Gasteiger partial charge on any atom is -0.508 e. The Morgan fingerprint density at radius 2 is 2.00 bits per heavy atom. The molecule has 0 spiro atoms. The lowest BCUT2D eigenvalue weighted by Gasteiger charge is -2.17. The lowest BCUT2D eigenvalue weighted by atomic mass is 10.2. The average molecular weight is 277 g/mol. The lowest BCUT2D eigenvalue weighted by molar-refractivity contribution is 0.0785. The van der Waals surface area contributed by atoms with Gasteiger partial charge in [-0.3, -0.25) is 4.79 Å². The number of benzene rings is 1. The molecule has 5 heteroatoms. The number of pyridine rings is 1. The summed E-state index contributed by atoms with van der Waals surface area (Å²) in [5.74, 6) is 0.0796. The van der Waals surface area contributed by atoms with Gasteiger partial charge in [-0.1, -0.05) is 23.7 Å². The first-order valence-electron chi connectivity index (χ1n) is 5.71. The smallest absolute Gasteiger partial charge is 0.254 e. The fourth-order valence-corrected chi connectivity index (χ4v) is 1.88. The second kappa shape index (κ2) is 5.71. The van der Waals surface area contributed by atoms with E-state index < -0.39 is 0 Å². The Bertz CT molecular complexity index is 584. The van der Waals surface area contributed by atoms with Gasteiger partial charge in [0.2, 0.25) is 0 Å². The van der Waals surface area contributed by atoms with Gasteiger partial charge in [0, 0.05) is 25.4 Å². The zero-order chi connectivity index (χ0) is 13.8. The molecule has 0 saturated carbocycles. The van der Waals surface area contributed by atoms with Crippen molar-refractivity contribution in [2.75, 3.05) is 7.05 Å². The highest BCUT2D eigenvalue weighted by molar-refractivity contribution is 6.29. The van der Waals surface area contributed by atoms with Crippen molar-refractivity contribution >= 4 is 17.5 Å². The number of carbonyl (C=O) groups is 1. The van der Waals surface area contributed by atoms with E-state index in [1.54, 1.807) is 42.3 Å². The van der Waals surface area contributed by atoms with Gasteiger partial charge in [0.15, 0.2) is 0 Å². The molecular weight excluding hydrogens is 264 g/mol. The van der Waals surface area contributed by atoms with Crippen LogP contribution in [0.4, 0.5) is 0 Å². The molecule has 2 aromatic rings. The van der Waals surface area contributed by atoms with Crippen molar-refractivity contribution in [3.63, 3.8) is 0 Å². The number of hydrogen-bond acceptors (Lipinski definition) is 3. The molecule has 2 rings (SSSR count). The van der Waals surface area contributed by atoms with Crippen LogP contribution in [0.5, 0.6) is 5.75 Å². The Kier molecular flexibility index (Phi) is 4.02. The van der Waals surface area contributed by atoms with Gasteiger partial charge < -0.3 is 10.0 Å². The molecule has 0 aliphatic heterocycles. The standard InChI is InChI=1S/C14H13ClN2O2/c1-17(9-10-2-4-12(18)5-3-10)14(19)11-6-7-16-13(15)8-11/h2-8,18H,9H2,1H3. The third-order valence-electron chi connectivity index (χ3n) is 2.68. The van der Waals surface area contributed by atoms with Crippen LogP contribution >= 0.6 is 11.6 Å². The first-order valence-corrected chi connectivity index (χ1v) is 6.09. The number of phenols is 1. The third kappa shape index (κ3) is 3.45. The van der Waals surface area contributed by atoms with Crippen LogP contribution in [0.2, 0.25) is 5.15 Å². The Morgan fingerprint density at radius 3 is 2.63 bits per heavy atom. The number of rotatable bonds is 3. The van der Waals surface area contributed by atoms with Crippen LogP contribution in [0, 0.1) is 0 Å². The third-order valence-corrected chi connectivity index (χ3v) is 2.88. The lowest BCUT2D eigenvalue weighted by Crippen LogP contribution is -2.26. The van der Waals surface area contributed by atoms with Crippen LogP contribution in [-0.2, 0) is 6.54 Å². The predicted molar refractivity (Wildman–Crippen MR) is 73.2 cm³/mol. The quantitative estimate of drug-likeness (QED) is 0.877. The van der Waals surface area contributed by atoms with Crippen LogP contribution in [0.25, 0.3) is 0 Å². The van der Waals surface area contributed by atoms with Crippen molar-refractivity contribution in [1.82, 2.24) is 9.88 Å². The Balaban J connectivity index is 2.09. The molecule has 1 heterocycles. The summed E-state index contributed by atoms with van der Waals surface area (Å²) in [7, 11) is 1.71. The second-order valence-electron chi connectivity index (χ2n) is 4.19. The molecule has 0 atom stereocenters. The van der Waals surface area contributed by atoms with Crippen LogP contribution in [-0.4, -0.2) is 27.9 Å². The molecule has 0 saturated heterocycles. The summed E-state index contributed by atoms with van der Waals surface area (Å²) in [6.07, 6.45) is 1.50. The summed E-state index contributed by atoms with van der Waals surface area (Å²) in [4.78, 5) is 17.6. The largest absolute Gasteiger partial charge is 0.508 e. The zero-order valence-corrected chi connectivity index (χ0v) is 11.1. The molecule has 1 N–H and O–H groups in total. The van der Waals surface area contributed by atoms with Crippen molar-refractivity contribution in [2.45, 2.75) is 6.54 Å². The van der Waals surface area contributed by atoms with Gasteiger partial charge in [0.1, 0.15) is 10.9 Å². The highest BCUT2D eigenvalue weighted by Crippen LogP contribution is 2.14. The summed E-state index contributed by atoms with van der Waals surface area (Å²) in [5, 5.41) is 9.50. The molecule has 1 amide bonds. The van der Waals surface area contributed by atoms with Gasteiger partial charge in [-0.15, -0.1) is 0 Å². The number of carbonyl (C=O) groups excluding carboxylic acids is 1. The summed E-state index contributed by atoms with van der Waals surface area (Å²) in [5.41, 5.74) is 1.44. The molecule has 98 valence electrons. The Hall–Kier alpha value is -2.07. The molecule has 0 bridgehead atoms. The molecule has 0 unspecified atom stereocenters. The molecular formula is C14H13ClN2O2. The van der Waals surface area contributed by atoms with Crippen molar-refractivity contribution in [3.8, 4) is 5.75 Å². The fraction of sp³-hybridized carbons (Fsp3) is 0.143. The molecule has 0 radical (unpaired) electrons. The van der Waals surface area contributed by atoms with Crippen LogP contribution in [0.15, 0.2) is 42.6 Å². The van der Waals surface area contributed by atoms with E-state index in [0.29, 0.717) is 17.3 Å². The van der Waals surface area contributed by atoms with Crippen molar-refractivity contribution < 1.29 is 9.90 Å². The van der Waals surface area contributed by atoms with Crippen LogP contribution in [0.3, 0.4) is 0 Å². The number of aromatic nitrogens is 1. The van der Waals surface area contributed by atoms with Gasteiger partial charge in [-0.2, -0.15) is 0 Å². The number of hydrogen-bond donors (Lipinski definition) is 1. The molecule has 1 aromatic heterocycles. The van der Waals surface area contributed by atoms with Crippen molar-refractivity contribution in [2.24, 2.45) is 0 Å². The highest BCUT2D eigenvalue weighted by atomic mass is 35.5. The van der Waals surface area contributed by atoms with E-state index in [4.69, 9.17) is 11.6 Å². The SMILES string of the molecule is CN(Cc1ccc(O)cc1)C(=O)c1ccnc(Cl)c1. The maximum absolute atomic E-state index is 12.2. The van der Waals surface area contributed by atoms with Crippen LogP contribution < -0.4 is 0 Å². The number of nitrogens with zero attached hydrogens (tertiary/aromatic N) is 2. The summed E-state index contributed by atoms with van der Waals surface area (Å²) in [6.45, 7) is 0.457.